The van der Waals surface area contributed by atoms with Crippen LogP contribution >= 0.6 is 0 Å². The number of halogens is 3. The molecule has 0 aliphatic carbocycles. The van der Waals surface area contributed by atoms with Crippen molar-refractivity contribution >= 4 is 17.5 Å². The molecule has 1 heterocycles. The predicted molar refractivity (Wildman–Crippen MR) is 81.1 cm³/mol. The second-order valence-electron chi connectivity index (χ2n) is 5.69. The van der Waals surface area contributed by atoms with Crippen LogP contribution in [0.15, 0.2) is 24.3 Å². The number of carbonyl (C=O) groups excluding carboxylic acids is 2. The molecule has 0 unspecified atom stereocenters. The van der Waals surface area contributed by atoms with E-state index in [-0.39, 0.29) is 18.1 Å². The molecule has 132 valence electrons. The summed E-state index contributed by atoms with van der Waals surface area (Å²) >= 11 is 0. The Morgan fingerprint density at radius 1 is 1.21 bits per heavy atom. The van der Waals surface area contributed by atoms with Crippen molar-refractivity contribution in [1.29, 1.82) is 0 Å². The molecule has 24 heavy (non-hydrogen) atoms. The Kier molecular flexibility index (Phi) is 6.19. The van der Waals surface area contributed by atoms with Crippen molar-refractivity contribution in [3.05, 3.63) is 29.8 Å². The van der Waals surface area contributed by atoms with Gasteiger partial charge >= 0.3 is 12.1 Å². The Labute approximate surface area is 137 Å². The zero-order valence-corrected chi connectivity index (χ0v) is 13.0. The number of hydrogen-bond acceptors (Lipinski definition) is 3. The van der Waals surface area contributed by atoms with E-state index in [4.69, 9.17) is 4.74 Å². The van der Waals surface area contributed by atoms with Crippen LogP contribution in [-0.4, -0.2) is 31.2 Å². The molecule has 1 aromatic carbocycles. The highest BCUT2D eigenvalue weighted by atomic mass is 19.4. The number of hydrogen-bond donors (Lipinski definition) is 2. The number of rotatable bonds is 5. The van der Waals surface area contributed by atoms with Gasteiger partial charge in [0, 0.05) is 31.9 Å². The molecular weight excluding hydrogens is 325 g/mol. The summed E-state index contributed by atoms with van der Waals surface area (Å²) in [5.41, 5.74) is 0.642. The summed E-state index contributed by atoms with van der Waals surface area (Å²) in [6.45, 7) is 1.52. The standard InChI is InChI=1S/C16H19F3N2O3/c17-16(18,19)15(23)21-13-3-1-2-12(8-13)10-20-14(22)9-11-4-6-24-7-5-11/h1-3,8,11H,4-7,9-10H2,(H,20,22)(H,21,23). The molecule has 2 rings (SSSR count). The van der Waals surface area contributed by atoms with Crippen LogP contribution in [0.1, 0.15) is 24.8 Å². The number of amides is 2. The summed E-state index contributed by atoms with van der Waals surface area (Å²) in [6.07, 6.45) is -2.82. The topological polar surface area (TPSA) is 67.4 Å². The fourth-order valence-electron chi connectivity index (χ4n) is 2.45. The molecule has 1 fully saturated rings. The van der Waals surface area contributed by atoms with Gasteiger partial charge in [-0.15, -0.1) is 0 Å². The van der Waals surface area contributed by atoms with E-state index >= 15 is 0 Å². The molecule has 0 spiro atoms. The third kappa shape index (κ3) is 5.84. The molecular formula is C16H19F3N2O3. The highest BCUT2D eigenvalue weighted by Gasteiger charge is 2.38. The fraction of sp³-hybridized carbons (Fsp3) is 0.500. The lowest BCUT2D eigenvalue weighted by molar-refractivity contribution is -0.167. The van der Waals surface area contributed by atoms with Gasteiger partial charge in [-0.2, -0.15) is 13.2 Å². The van der Waals surface area contributed by atoms with E-state index in [1.807, 2.05) is 0 Å². The first kappa shape index (κ1) is 18.3. The lowest BCUT2D eigenvalue weighted by atomic mass is 9.96. The molecule has 0 atom stereocenters. The summed E-state index contributed by atoms with van der Waals surface area (Å²) < 4.78 is 41.9. The van der Waals surface area contributed by atoms with E-state index in [0.717, 1.165) is 12.8 Å². The maximum absolute atomic E-state index is 12.2. The fourth-order valence-corrected chi connectivity index (χ4v) is 2.45. The molecule has 5 nitrogen and oxygen atoms in total. The predicted octanol–water partition coefficient (Wildman–Crippen LogP) is 2.62. The van der Waals surface area contributed by atoms with E-state index < -0.39 is 12.1 Å². The number of nitrogens with one attached hydrogen (secondary N) is 2. The third-order valence-electron chi connectivity index (χ3n) is 3.75. The van der Waals surface area contributed by atoms with Gasteiger partial charge in [0.25, 0.3) is 0 Å². The van der Waals surface area contributed by atoms with Crippen LogP contribution in [0.25, 0.3) is 0 Å². The molecule has 1 aliphatic rings. The average Bonchev–Trinajstić information content (AvgIpc) is 2.53. The van der Waals surface area contributed by atoms with Crippen molar-refractivity contribution in [3.8, 4) is 0 Å². The van der Waals surface area contributed by atoms with Gasteiger partial charge in [-0.25, -0.2) is 0 Å². The number of carbonyl (C=O) groups is 2. The smallest absolute Gasteiger partial charge is 0.381 e. The lowest BCUT2D eigenvalue weighted by Gasteiger charge is -2.21. The average molecular weight is 344 g/mol. The van der Waals surface area contributed by atoms with Crippen LogP contribution in [0, 0.1) is 5.92 Å². The van der Waals surface area contributed by atoms with E-state index in [0.29, 0.717) is 31.1 Å². The molecule has 1 aromatic rings. The molecule has 1 saturated heterocycles. The first-order valence-corrected chi connectivity index (χ1v) is 7.66. The first-order chi connectivity index (χ1) is 11.3. The molecule has 0 radical (unpaired) electrons. The van der Waals surface area contributed by atoms with Gasteiger partial charge in [0.05, 0.1) is 0 Å². The van der Waals surface area contributed by atoms with Gasteiger partial charge in [-0.05, 0) is 36.5 Å². The van der Waals surface area contributed by atoms with E-state index in [1.165, 1.54) is 18.2 Å². The monoisotopic (exact) mass is 344 g/mol. The number of anilines is 1. The van der Waals surface area contributed by atoms with Crippen molar-refractivity contribution in [2.24, 2.45) is 5.92 Å². The largest absolute Gasteiger partial charge is 0.471 e. The Morgan fingerprint density at radius 2 is 1.92 bits per heavy atom. The first-order valence-electron chi connectivity index (χ1n) is 7.66. The molecule has 8 heteroatoms. The summed E-state index contributed by atoms with van der Waals surface area (Å²) in [5, 5.41) is 4.53. The van der Waals surface area contributed by atoms with Gasteiger partial charge in [0.2, 0.25) is 5.91 Å². The molecule has 0 saturated carbocycles. The summed E-state index contributed by atoms with van der Waals surface area (Å²) in [5.74, 6) is -1.83. The van der Waals surface area contributed by atoms with Crippen molar-refractivity contribution < 1.29 is 27.5 Å². The molecule has 2 N–H and O–H groups in total. The molecule has 1 aliphatic heterocycles. The second kappa shape index (κ2) is 8.14. The van der Waals surface area contributed by atoms with E-state index in [9.17, 15) is 22.8 Å². The quantitative estimate of drug-likeness (QED) is 0.863. The Morgan fingerprint density at radius 3 is 2.58 bits per heavy atom. The van der Waals surface area contributed by atoms with Gasteiger partial charge < -0.3 is 15.4 Å². The minimum atomic E-state index is -4.94. The van der Waals surface area contributed by atoms with Crippen LogP contribution in [0.2, 0.25) is 0 Å². The van der Waals surface area contributed by atoms with Crippen molar-refractivity contribution in [1.82, 2.24) is 5.32 Å². The minimum Gasteiger partial charge on any atom is -0.381 e. The highest BCUT2D eigenvalue weighted by molar-refractivity contribution is 5.94. The maximum atomic E-state index is 12.2. The second-order valence-corrected chi connectivity index (χ2v) is 5.69. The highest BCUT2D eigenvalue weighted by Crippen LogP contribution is 2.20. The zero-order chi connectivity index (χ0) is 17.6. The van der Waals surface area contributed by atoms with Crippen LogP contribution < -0.4 is 10.6 Å². The van der Waals surface area contributed by atoms with Crippen molar-refractivity contribution in [2.75, 3.05) is 18.5 Å². The van der Waals surface area contributed by atoms with E-state index in [1.54, 1.807) is 11.4 Å². The SMILES string of the molecule is O=C(CC1CCOCC1)NCc1cccc(NC(=O)C(F)(F)F)c1. The zero-order valence-electron chi connectivity index (χ0n) is 13.0. The third-order valence-corrected chi connectivity index (χ3v) is 3.75. The van der Waals surface area contributed by atoms with Gasteiger partial charge in [-0.3, -0.25) is 9.59 Å². The van der Waals surface area contributed by atoms with Gasteiger partial charge in [0.15, 0.2) is 0 Å². The summed E-state index contributed by atoms with van der Waals surface area (Å²) in [4.78, 5) is 22.8. The van der Waals surface area contributed by atoms with Gasteiger partial charge in [0.1, 0.15) is 0 Å². The maximum Gasteiger partial charge on any atom is 0.471 e. The van der Waals surface area contributed by atoms with Crippen LogP contribution in [0.4, 0.5) is 18.9 Å². The summed E-state index contributed by atoms with van der Waals surface area (Å²) in [7, 11) is 0. The minimum absolute atomic E-state index is 0.0357. The normalized spacial score (nSPS) is 15.8. The van der Waals surface area contributed by atoms with E-state index in [2.05, 4.69) is 5.32 Å². The lowest BCUT2D eigenvalue weighted by Crippen LogP contribution is -2.30. The van der Waals surface area contributed by atoms with Crippen LogP contribution in [0.3, 0.4) is 0 Å². The van der Waals surface area contributed by atoms with Gasteiger partial charge in [-0.1, -0.05) is 12.1 Å². The molecule has 0 aromatic heterocycles. The van der Waals surface area contributed by atoms with Crippen LogP contribution in [-0.2, 0) is 20.9 Å². The van der Waals surface area contributed by atoms with Crippen molar-refractivity contribution in [3.63, 3.8) is 0 Å². The Bertz CT molecular complexity index is 584. The number of ether oxygens (including phenoxy) is 1. The Hall–Kier alpha value is -2.09. The summed E-state index contributed by atoms with van der Waals surface area (Å²) in [6, 6.07) is 5.94. The van der Waals surface area contributed by atoms with Crippen molar-refractivity contribution in [2.45, 2.75) is 32.0 Å². The molecule has 2 amide bonds. The number of alkyl halides is 3. The number of benzene rings is 1. The Balaban J connectivity index is 1.83. The van der Waals surface area contributed by atoms with Crippen LogP contribution in [0.5, 0.6) is 0 Å². The molecule has 0 bridgehead atoms.